The summed E-state index contributed by atoms with van der Waals surface area (Å²) in [6.45, 7) is 7.53. The van der Waals surface area contributed by atoms with E-state index < -0.39 is 0 Å². The van der Waals surface area contributed by atoms with Gasteiger partial charge in [0.15, 0.2) is 0 Å². The number of hydrogen-bond acceptors (Lipinski definition) is 2. The van der Waals surface area contributed by atoms with E-state index in [-0.39, 0.29) is 0 Å². The highest BCUT2D eigenvalue weighted by atomic mass is 35.5. The van der Waals surface area contributed by atoms with Crippen LogP contribution in [-0.2, 0) is 0 Å². The first-order valence-electron chi connectivity index (χ1n) is 5.36. The van der Waals surface area contributed by atoms with Crippen molar-refractivity contribution < 1.29 is 0 Å². The molecule has 0 aliphatic rings. The summed E-state index contributed by atoms with van der Waals surface area (Å²) < 4.78 is 0. The van der Waals surface area contributed by atoms with Crippen LogP contribution in [0, 0.1) is 16.7 Å². The molecule has 0 amide bonds. The first-order chi connectivity index (χ1) is 7.42. The van der Waals surface area contributed by atoms with E-state index in [9.17, 15) is 0 Å². The number of anilines is 1. The fraction of sp³-hybridized carbons (Fsp3) is 0.462. The first kappa shape index (κ1) is 12.9. The average Bonchev–Trinajstić information content (AvgIpc) is 2.16. The molecule has 0 aromatic heterocycles. The summed E-state index contributed by atoms with van der Waals surface area (Å²) in [7, 11) is 0. The van der Waals surface area contributed by atoms with Crippen molar-refractivity contribution in [2.75, 3.05) is 11.9 Å². The van der Waals surface area contributed by atoms with Gasteiger partial charge in [0.25, 0.3) is 0 Å². The third-order valence-electron chi connectivity index (χ3n) is 2.29. The van der Waals surface area contributed by atoms with E-state index in [0.29, 0.717) is 16.0 Å². The van der Waals surface area contributed by atoms with E-state index >= 15 is 0 Å². The molecule has 2 nitrogen and oxygen atoms in total. The highest BCUT2D eigenvalue weighted by molar-refractivity contribution is 6.32. The largest absolute Gasteiger partial charge is 0.385 e. The minimum absolute atomic E-state index is 0.323. The molecule has 0 spiro atoms. The maximum absolute atomic E-state index is 8.74. The Labute approximate surface area is 102 Å². The summed E-state index contributed by atoms with van der Waals surface area (Å²) in [5.74, 6) is 0. The summed E-state index contributed by atoms with van der Waals surface area (Å²) in [5, 5.41) is 12.5. The van der Waals surface area contributed by atoms with Gasteiger partial charge in [-0.15, -0.1) is 0 Å². The highest BCUT2D eigenvalue weighted by Gasteiger charge is 2.09. The molecule has 0 unspecified atom stereocenters. The van der Waals surface area contributed by atoms with Crippen LogP contribution in [0.4, 0.5) is 5.69 Å². The van der Waals surface area contributed by atoms with Gasteiger partial charge < -0.3 is 5.32 Å². The van der Waals surface area contributed by atoms with Gasteiger partial charge in [-0.05, 0) is 30.0 Å². The Hall–Kier alpha value is -1.20. The molecule has 0 radical (unpaired) electrons. The zero-order valence-electron chi connectivity index (χ0n) is 9.97. The van der Waals surface area contributed by atoms with Gasteiger partial charge in [-0.25, -0.2) is 0 Å². The Morgan fingerprint density at radius 3 is 2.56 bits per heavy atom. The summed E-state index contributed by atoms with van der Waals surface area (Å²) in [6, 6.07) is 7.46. The lowest BCUT2D eigenvalue weighted by Gasteiger charge is -2.18. The first-order valence-corrected chi connectivity index (χ1v) is 5.74. The zero-order valence-corrected chi connectivity index (χ0v) is 10.7. The van der Waals surface area contributed by atoms with Gasteiger partial charge in [0, 0.05) is 12.2 Å². The standard InChI is InChI=1S/C13H17ClN2/c1-13(2,3)6-7-16-11-5-4-10(9-15)12(14)8-11/h4-5,8,16H,6-7H2,1-3H3. The molecule has 1 aromatic carbocycles. The zero-order chi connectivity index (χ0) is 12.2. The van der Waals surface area contributed by atoms with E-state index in [1.54, 1.807) is 12.1 Å². The van der Waals surface area contributed by atoms with Gasteiger partial charge in [-0.2, -0.15) is 5.26 Å². The third-order valence-corrected chi connectivity index (χ3v) is 2.61. The van der Waals surface area contributed by atoms with Crippen molar-refractivity contribution in [3.8, 4) is 6.07 Å². The van der Waals surface area contributed by atoms with Gasteiger partial charge >= 0.3 is 0 Å². The van der Waals surface area contributed by atoms with E-state index in [2.05, 4.69) is 26.1 Å². The maximum Gasteiger partial charge on any atom is 0.101 e. The van der Waals surface area contributed by atoms with Crippen molar-refractivity contribution in [2.45, 2.75) is 27.2 Å². The van der Waals surface area contributed by atoms with E-state index in [0.717, 1.165) is 18.7 Å². The molecule has 0 saturated heterocycles. The van der Waals surface area contributed by atoms with E-state index in [4.69, 9.17) is 16.9 Å². The second kappa shape index (κ2) is 5.23. The number of nitriles is 1. The SMILES string of the molecule is CC(C)(C)CCNc1ccc(C#N)c(Cl)c1. The van der Waals surface area contributed by atoms with E-state index in [1.165, 1.54) is 0 Å². The summed E-state index contributed by atoms with van der Waals surface area (Å²) in [6.07, 6.45) is 1.09. The minimum Gasteiger partial charge on any atom is -0.385 e. The van der Waals surface area contributed by atoms with Gasteiger partial charge in [0.05, 0.1) is 10.6 Å². The number of benzene rings is 1. The number of rotatable bonds is 3. The molecule has 16 heavy (non-hydrogen) atoms. The molecule has 0 aliphatic carbocycles. The van der Waals surface area contributed by atoms with Crippen LogP contribution in [-0.4, -0.2) is 6.54 Å². The van der Waals surface area contributed by atoms with Crippen molar-refractivity contribution in [2.24, 2.45) is 5.41 Å². The molecule has 86 valence electrons. The quantitative estimate of drug-likeness (QED) is 0.859. The Bertz CT molecular complexity index is 399. The van der Waals surface area contributed by atoms with Crippen molar-refractivity contribution >= 4 is 17.3 Å². The molecular weight excluding hydrogens is 220 g/mol. The van der Waals surface area contributed by atoms with Crippen LogP contribution >= 0.6 is 11.6 Å². The van der Waals surface area contributed by atoms with Crippen LogP contribution in [0.15, 0.2) is 18.2 Å². The van der Waals surface area contributed by atoms with Crippen LogP contribution in [0.5, 0.6) is 0 Å². The number of halogens is 1. The lowest BCUT2D eigenvalue weighted by molar-refractivity contribution is 0.390. The Morgan fingerprint density at radius 2 is 2.06 bits per heavy atom. The highest BCUT2D eigenvalue weighted by Crippen LogP contribution is 2.22. The van der Waals surface area contributed by atoms with Crippen molar-refractivity contribution in [1.82, 2.24) is 0 Å². The van der Waals surface area contributed by atoms with E-state index in [1.807, 2.05) is 12.1 Å². The lowest BCUT2D eigenvalue weighted by Crippen LogP contribution is -2.12. The second-order valence-corrected chi connectivity index (χ2v) is 5.45. The second-order valence-electron chi connectivity index (χ2n) is 5.04. The summed E-state index contributed by atoms with van der Waals surface area (Å²) >= 11 is 5.94. The van der Waals surface area contributed by atoms with Crippen molar-refractivity contribution in [3.05, 3.63) is 28.8 Å². The lowest BCUT2D eigenvalue weighted by atomic mass is 9.92. The van der Waals surface area contributed by atoms with Gasteiger partial charge in [0.2, 0.25) is 0 Å². The topological polar surface area (TPSA) is 35.8 Å². The Balaban J connectivity index is 2.57. The number of nitrogens with zero attached hydrogens (tertiary/aromatic N) is 1. The molecule has 0 saturated carbocycles. The van der Waals surface area contributed by atoms with Gasteiger partial charge in [-0.1, -0.05) is 32.4 Å². The molecular formula is C13H17ClN2. The molecule has 3 heteroatoms. The predicted molar refractivity (Wildman–Crippen MR) is 68.7 cm³/mol. The Kier molecular flexibility index (Phi) is 4.20. The fourth-order valence-corrected chi connectivity index (χ4v) is 1.52. The van der Waals surface area contributed by atoms with Gasteiger partial charge in [0.1, 0.15) is 6.07 Å². The normalized spacial score (nSPS) is 10.9. The Morgan fingerprint density at radius 1 is 1.38 bits per heavy atom. The fourth-order valence-electron chi connectivity index (χ4n) is 1.30. The van der Waals surface area contributed by atoms with Crippen molar-refractivity contribution in [1.29, 1.82) is 5.26 Å². The monoisotopic (exact) mass is 236 g/mol. The van der Waals surface area contributed by atoms with Crippen LogP contribution < -0.4 is 5.32 Å². The smallest absolute Gasteiger partial charge is 0.101 e. The molecule has 0 atom stereocenters. The van der Waals surface area contributed by atoms with Crippen molar-refractivity contribution in [3.63, 3.8) is 0 Å². The average molecular weight is 237 g/mol. The molecule has 1 aromatic rings. The molecule has 1 N–H and O–H groups in total. The molecule has 0 bridgehead atoms. The number of hydrogen-bond donors (Lipinski definition) is 1. The maximum atomic E-state index is 8.74. The van der Waals surface area contributed by atoms with Crippen LogP contribution in [0.2, 0.25) is 5.02 Å². The predicted octanol–water partition coefficient (Wildman–Crippen LogP) is 4.06. The van der Waals surface area contributed by atoms with Crippen LogP contribution in [0.25, 0.3) is 0 Å². The third kappa shape index (κ3) is 4.12. The summed E-state index contributed by atoms with van der Waals surface area (Å²) in [4.78, 5) is 0. The molecule has 0 aliphatic heterocycles. The molecule has 0 fully saturated rings. The van der Waals surface area contributed by atoms with Crippen LogP contribution in [0.1, 0.15) is 32.8 Å². The number of nitrogens with one attached hydrogen (secondary N) is 1. The minimum atomic E-state index is 0.323. The molecule has 1 rings (SSSR count). The van der Waals surface area contributed by atoms with Crippen LogP contribution in [0.3, 0.4) is 0 Å². The molecule has 0 heterocycles. The van der Waals surface area contributed by atoms with Gasteiger partial charge in [-0.3, -0.25) is 0 Å². The summed E-state index contributed by atoms with van der Waals surface area (Å²) in [5.41, 5.74) is 1.81.